The van der Waals surface area contributed by atoms with Gasteiger partial charge in [0.15, 0.2) is 6.17 Å². The van der Waals surface area contributed by atoms with Crippen LogP contribution in [0.1, 0.15) is 29.9 Å². The molecule has 1 aliphatic heterocycles. The fraction of sp³-hybridized carbons (Fsp3) is 0.370. The van der Waals surface area contributed by atoms with Crippen LogP contribution in [0.15, 0.2) is 48.9 Å². The Labute approximate surface area is 218 Å². The third kappa shape index (κ3) is 5.35. The van der Waals surface area contributed by atoms with Gasteiger partial charge in [-0.1, -0.05) is 6.07 Å². The zero-order valence-electron chi connectivity index (χ0n) is 20.7. The molecule has 2 aromatic heterocycles. The van der Waals surface area contributed by atoms with E-state index < -0.39 is 24.8 Å². The molecule has 4 atom stereocenters. The number of halogens is 1. The second kappa shape index (κ2) is 10.6. The number of amides is 2. The van der Waals surface area contributed by atoms with Crippen molar-refractivity contribution in [2.75, 3.05) is 25.0 Å². The quantitative estimate of drug-likeness (QED) is 0.491. The van der Waals surface area contributed by atoms with E-state index in [4.69, 9.17) is 9.84 Å². The minimum absolute atomic E-state index is 0.0996. The van der Waals surface area contributed by atoms with Crippen molar-refractivity contribution in [2.45, 2.75) is 31.0 Å². The number of aromatic nitrogens is 3. The molecular formula is C27H27FN6O4. The molecular weight excluding hydrogens is 491 g/mol. The summed E-state index contributed by atoms with van der Waals surface area (Å²) in [6.07, 6.45) is 4.05. The highest BCUT2D eigenvalue weighted by molar-refractivity contribution is 5.95. The topological polar surface area (TPSA) is 133 Å². The van der Waals surface area contributed by atoms with E-state index in [2.05, 4.69) is 21.5 Å². The zero-order chi connectivity index (χ0) is 26.8. The molecule has 3 aromatic rings. The monoisotopic (exact) mass is 518 g/mol. The van der Waals surface area contributed by atoms with Crippen LogP contribution in [0.25, 0.3) is 11.1 Å². The highest BCUT2D eigenvalue weighted by Crippen LogP contribution is 2.47. The molecule has 2 N–H and O–H groups in total. The van der Waals surface area contributed by atoms with Crippen LogP contribution in [-0.2, 0) is 16.6 Å². The summed E-state index contributed by atoms with van der Waals surface area (Å²) in [5, 5.41) is 25.8. The third-order valence-corrected chi connectivity index (χ3v) is 6.97. The maximum absolute atomic E-state index is 14.7. The molecule has 0 spiro atoms. The van der Waals surface area contributed by atoms with E-state index in [-0.39, 0.29) is 48.6 Å². The van der Waals surface area contributed by atoms with Crippen LogP contribution < -0.4 is 10.1 Å². The number of aliphatic hydroxyl groups is 1. The lowest BCUT2D eigenvalue weighted by Gasteiger charge is -2.34. The fourth-order valence-electron chi connectivity index (χ4n) is 4.79. The van der Waals surface area contributed by atoms with Gasteiger partial charge in [0.1, 0.15) is 30.3 Å². The minimum Gasteiger partial charge on any atom is -0.486 e. The van der Waals surface area contributed by atoms with Crippen molar-refractivity contribution in [3.05, 3.63) is 60.0 Å². The van der Waals surface area contributed by atoms with Gasteiger partial charge in [-0.3, -0.25) is 14.3 Å². The average Bonchev–Trinajstić information content (AvgIpc) is 3.62. The van der Waals surface area contributed by atoms with Crippen molar-refractivity contribution in [2.24, 2.45) is 13.0 Å². The number of aliphatic hydroxyl groups excluding tert-OH is 1. The predicted molar refractivity (Wildman–Crippen MR) is 135 cm³/mol. The molecule has 2 aliphatic rings. The van der Waals surface area contributed by atoms with Gasteiger partial charge in [0.25, 0.3) is 0 Å². The van der Waals surface area contributed by atoms with Crippen molar-refractivity contribution in [1.29, 1.82) is 5.26 Å². The number of pyridine rings is 1. The number of likely N-dealkylation sites (tertiary alicyclic amines) is 1. The Bertz CT molecular complexity index is 1400. The number of carbonyl (C=O) groups excluding carboxylic acids is 2. The average molecular weight is 519 g/mol. The molecule has 5 rings (SSSR count). The number of carbonyl (C=O) groups is 2. The number of piperidine rings is 1. The molecule has 11 heteroatoms. The zero-order valence-corrected chi connectivity index (χ0v) is 20.7. The maximum atomic E-state index is 14.7. The van der Waals surface area contributed by atoms with Gasteiger partial charge < -0.3 is 20.1 Å². The van der Waals surface area contributed by atoms with E-state index >= 15 is 0 Å². The van der Waals surface area contributed by atoms with Gasteiger partial charge in [-0.2, -0.15) is 10.4 Å². The molecule has 1 aromatic carbocycles. The van der Waals surface area contributed by atoms with Gasteiger partial charge in [-0.25, -0.2) is 9.37 Å². The molecule has 1 saturated carbocycles. The van der Waals surface area contributed by atoms with Gasteiger partial charge in [-0.15, -0.1) is 0 Å². The second-order valence-electron chi connectivity index (χ2n) is 9.60. The molecule has 2 fully saturated rings. The van der Waals surface area contributed by atoms with Crippen molar-refractivity contribution in [1.82, 2.24) is 19.7 Å². The Balaban J connectivity index is 1.25. The normalized spacial score (nSPS) is 22.4. The summed E-state index contributed by atoms with van der Waals surface area (Å²) in [7, 11) is 1.84. The number of alkyl halides is 1. The van der Waals surface area contributed by atoms with Crippen LogP contribution in [0.4, 0.5) is 10.2 Å². The van der Waals surface area contributed by atoms with Gasteiger partial charge in [0.05, 0.1) is 18.3 Å². The number of hydrogen-bond acceptors (Lipinski definition) is 7. The summed E-state index contributed by atoms with van der Waals surface area (Å²) < 4.78 is 22.2. The van der Waals surface area contributed by atoms with Gasteiger partial charge in [0, 0.05) is 38.3 Å². The summed E-state index contributed by atoms with van der Waals surface area (Å²) in [5.74, 6) is 0.0726. The van der Waals surface area contributed by atoms with Crippen LogP contribution in [0.2, 0.25) is 0 Å². The van der Waals surface area contributed by atoms with Crippen molar-refractivity contribution in [3.63, 3.8) is 0 Å². The van der Waals surface area contributed by atoms with E-state index in [1.54, 1.807) is 47.4 Å². The number of anilines is 1. The largest absolute Gasteiger partial charge is 0.486 e. The second-order valence-corrected chi connectivity index (χ2v) is 9.60. The molecule has 1 saturated heterocycles. The first kappa shape index (κ1) is 25.4. The summed E-state index contributed by atoms with van der Waals surface area (Å²) in [5.41, 5.74) is 2.75. The van der Waals surface area contributed by atoms with Gasteiger partial charge >= 0.3 is 0 Å². The van der Waals surface area contributed by atoms with Crippen molar-refractivity contribution in [3.8, 4) is 22.9 Å². The summed E-state index contributed by atoms with van der Waals surface area (Å²) in [4.78, 5) is 29.9. The summed E-state index contributed by atoms with van der Waals surface area (Å²) in [6, 6.07) is 10.6. The Morgan fingerprint density at radius 1 is 1.29 bits per heavy atom. The number of hydrogen-bond donors (Lipinski definition) is 2. The Kier molecular flexibility index (Phi) is 7.07. The number of nitrogens with one attached hydrogen (secondary N) is 1. The fourth-order valence-corrected chi connectivity index (χ4v) is 4.79. The first-order valence-electron chi connectivity index (χ1n) is 12.4. The third-order valence-electron chi connectivity index (χ3n) is 6.97. The molecule has 3 heterocycles. The van der Waals surface area contributed by atoms with Crippen LogP contribution in [0, 0.1) is 17.2 Å². The molecule has 10 nitrogen and oxygen atoms in total. The number of nitrogens with zero attached hydrogens (tertiary/aromatic N) is 5. The van der Waals surface area contributed by atoms with Crippen molar-refractivity contribution < 1.29 is 23.8 Å². The van der Waals surface area contributed by atoms with Gasteiger partial charge in [-0.05, 0) is 53.3 Å². The molecule has 2 amide bonds. The Hall–Kier alpha value is -4.30. The van der Waals surface area contributed by atoms with Crippen LogP contribution in [0.5, 0.6) is 5.75 Å². The molecule has 38 heavy (non-hydrogen) atoms. The predicted octanol–water partition coefficient (Wildman–Crippen LogP) is 2.41. The molecule has 0 unspecified atom stereocenters. The van der Waals surface area contributed by atoms with E-state index in [9.17, 15) is 19.2 Å². The summed E-state index contributed by atoms with van der Waals surface area (Å²) >= 11 is 0. The minimum atomic E-state index is -1.44. The van der Waals surface area contributed by atoms with Crippen LogP contribution in [0.3, 0.4) is 0 Å². The number of ether oxygens (including phenoxy) is 1. The number of nitriles is 1. The maximum Gasteiger partial charge on any atom is 0.248 e. The molecule has 1 aliphatic carbocycles. The van der Waals surface area contributed by atoms with E-state index in [1.807, 2.05) is 13.2 Å². The van der Waals surface area contributed by atoms with Crippen LogP contribution in [-0.4, -0.2) is 68.6 Å². The highest BCUT2D eigenvalue weighted by atomic mass is 19.1. The lowest BCUT2D eigenvalue weighted by Crippen LogP contribution is -2.50. The lowest BCUT2D eigenvalue weighted by atomic mass is 10.0. The highest BCUT2D eigenvalue weighted by Gasteiger charge is 2.44. The number of rotatable bonds is 7. The first-order valence-corrected chi connectivity index (χ1v) is 12.4. The number of benzene rings is 1. The smallest absolute Gasteiger partial charge is 0.248 e. The lowest BCUT2D eigenvalue weighted by molar-refractivity contribution is -0.138. The van der Waals surface area contributed by atoms with Crippen molar-refractivity contribution >= 4 is 17.6 Å². The SMILES string of the molecule is Cn1cc([C@H]2C[C@@H]2C(=O)Nc2cc(-c3ccc(O[C@H]4CCN(C(=O)CO)C[C@H]4F)c(C#N)c3)ccn2)cn1. The standard InChI is InChI=1S/C27H27FN6O4/c1-33-13-19(12-31-33)20-10-21(20)27(37)32-25-9-17(4-6-30-25)16-2-3-23(18(8-16)11-29)38-24-5-7-34(14-22(24)28)26(36)15-35/h2-4,6,8-9,12-13,20-22,24,35H,5,7,10,14-15H2,1H3,(H,30,32,37)/t20-,21+,22-,24+/m1/s1. The van der Waals surface area contributed by atoms with E-state index in [0.717, 1.165) is 17.5 Å². The Morgan fingerprint density at radius 3 is 2.82 bits per heavy atom. The van der Waals surface area contributed by atoms with E-state index in [0.29, 0.717) is 11.4 Å². The van der Waals surface area contributed by atoms with Gasteiger partial charge in [0.2, 0.25) is 11.8 Å². The van der Waals surface area contributed by atoms with E-state index in [1.165, 1.54) is 4.90 Å². The summed E-state index contributed by atoms with van der Waals surface area (Å²) in [6.45, 7) is -0.565. The first-order chi connectivity index (χ1) is 18.4. The number of aryl methyl sites for hydroxylation is 1. The molecule has 196 valence electrons. The van der Waals surface area contributed by atoms with Crippen LogP contribution >= 0.6 is 0 Å². The molecule has 0 bridgehead atoms. The Morgan fingerprint density at radius 2 is 2.11 bits per heavy atom. The molecule has 0 radical (unpaired) electrons.